The maximum absolute atomic E-state index is 12.5. The zero-order valence-corrected chi connectivity index (χ0v) is 9.70. The van der Waals surface area contributed by atoms with E-state index in [4.69, 9.17) is 16.7 Å². The van der Waals surface area contributed by atoms with Crippen molar-refractivity contribution < 1.29 is 18.3 Å². The van der Waals surface area contributed by atoms with E-state index in [1.165, 1.54) is 12.1 Å². The van der Waals surface area contributed by atoms with Gasteiger partial charge in [0.15, 0.2) is 5.69 Å². The molecule has 0 spiro atoms. The highest BCUT2D eigenvalue weighted by molar-refractivity contribution is 6.32. The number of nitrogens with zero attached hydrogens (tertiary/aromatic N) is 2. The molecule has 0 aliphatic rings. The van der Waals surface area contributed by atoms with Crippen molar-refractivity contribution in [1.82, 2.24) is 9.78 Å². The number of aromatic nitrogens is 2. The van der Waals surface area contributed by atoms with Gasteiger partial charge in [-0.2, -0.15) is 18.3 Å². The zero-order valence-electron chi connectivity index (χ0n) is 8.95. The molecule has 1 heterocycles. The second-order valence-corrected chi connectivity index (χ2v) is 3.95. The average Bonchev–Trinajstić information content (AvgIpc) is 2.73. The minimum Gasteiger partial charge on any atom is -0.390 e. The number of hydrogen-bond donors (Lipinski definition) is 1. The van der Waals surface area contributed by atoms with Gasteiger partial charge in [-0.1, -0.05) is 23.7 Å². The van der Waals surface area contributed by atoms with Gasteiger partial charge < -0.3 is 5.11 Å². The van der Waals surface area contributed by atoms with Crippen LogP contribution >= 0.6 is 11.6 Å². The van der Waals surface area contributed by atoms with Crippen LogP contribution < -0.4 is 0 Å². The molecule has 7 heteroatoms. The molecule has 2 rings (SSSR count). The van der Waals surface area contributed by atoms with Gasteiger partial charge in [-0.15, -0.1) is 0 Å². The van der Waals surface area contributed by atoms with Crippen LogP contribution in [0, 0.1) is 0 Å². The van der Waals surface area contributed by atoms with Crippen LogP contribution in [0.15, 0.2) is 30.3 Å². The second kappa shape index (κ2) is 4.62. The maximum atomic E-state index is 12.5. The lowest BCUT2D eigenvalue weighted by Gasteiger charge is -2.07. The third-order valence-corrected chi connectivity index (χ3v) is 2.64. The minimum atomic E-state index is -4.56. The van der Waals surface area contributed by atoms with Gasteiger partial charge in [-0.05, 0) is 18.2 Å². The smallest absolute Gasteiger partial charge is 0.390 e. The fraction of sp³-hybridized carbons (Fsp3) is 0.182. The monoisotopic (exact) mass is 276 g/mol. The van der Waals surface area contributed by atoms with E-state index < -0.39 is 18.5 Å². The van der Waals surface area contributed by atoms with E-state index in [1.807, 2.05) is 0 Å². The summed E-state index contributed by atoms with van der Waals surface area (Å²) in [5.41, 5.74) is -0.749. The Hall–Kier alpha value is -1.53. The fourth-order valence-electron chi connectivity index (χ4n) is 1.50. The summed E-state index contributed by atoms with van der Waals surface area (Å²) in [7, 11) is 0. The lowest BCUT2D eigenvalue weighted by molar-refractivity contribution is -0.141. The van der Waals surface area contributed by atoms with E-state index in [-0.39, 0.29) is 10.7 Å². The molecule has 0 saturated heterocycles. The summed E-state index contributed by atoms with van der Waals surface area (Å²) in [5.74, 6) is 0. The van der Waals surface area contributed by atoms with Crippen LogP contribution in [0.3, 0.4) is 0 Å². The Balaban J connectivity index is 2.58. The Kier molecular flexibility index (Phi) is 3.32. The zero-order chi connectivity index (χ0) is 13.3. The summed E-state index contributed by atoms with van der Waals surface area (Å²) in [5, 5.41) is 12.8. The van der Waals surface area contributed by atoms with Gasteiger partial charge in [-0.3, -0.25) is 0 Å². The van der Waals surface area contributed by atoms with Crippen molar-refractivity contribution in [2.24, 2.45) is 0 Å². The Morgan fingerprint density at radius 1 is 1.28 bits per heavy atom. The van der Waals surface area contributed by atoms with Crippen molar-refractivity contribution >= 4 is 11.6 Å². The number of para-hydroxylation sites is 1. The van der Waals surface area contributed by atoms with Crippen molar-refractivity contribution in [3.8, 4) is 5.69 Å². The van der Waals surface area contributed by atoms with Gasteiger partial charge in [0.05, 0.1) is 23.0 Å². The average molecular weight is 277 g/mol. The Labute approximate surface area is 105 Å². The summed E-state index contributed by atoms with van der Waals surface area (Å²) in [6, 6.07) is 7.13. The van der Waals surface area contributed by atoms with E-state index >= 15 is 0 Å². The van der Waals surface area contributed by atoms with Crippen molar-refractivity contribution in [2.45, 2.75) is 12.8 Å². The van der Waals surface area contributed by atoms with Gasteiger partial charge in [0.2, 0.25) is 0 Å². The Morgan fingerprint density at radius 2 is 1.94 bits per heavy atom. The number of halogens is 4. The molecule has 1 N–H and O–H groups in total. The highest BCUT2D eigenvalue weighted by atomic mass is 35.5. The van der Waals surface area contributed by atoms with E-state index in [9.17, 15) is 13.2 Å². The summed E-state index contributed by atoms with van der Waals surface area (Å²) in [6.07, 6.45) is -4.56. The molecule has 18 heavy (non-hydrogen) atoms. The van der Waals surface area contributed by atoms with Crippen LogP contribution in [0.2, 0.25) is 5.02 Å². The van der Waals surface area contributed by atoms with Crippen molar-refractivity contribution in [3.63, 3.8) is 0 Å². The highest BCUT2D eigenvalue weighted by Crippen LogP contribution is 2.30. The standard InChI is InChI=1S/C11H8ClF3N2O/c12-8-3-1-2-4-9(8)17-7(6-18)5-10(16-17)11(13,14)15/h1-5,18H,6H2. The molecule has 96 valence electrons. The number of benzene rings is 1. The first-order valence-corrected chi connectivity index (χ1v) is 5.33. The maximum Gasteiger partial charge on any atom is 0.435 e. The summed E-state index contributed by atoms with van der Waals surface area (Å²) in [4.78, 5) is 0. The highest BCUT2D eigenvalue weighted by Gasteiger charge is 2.35. The molecule has 0 bridgehead atoms. The Morgan fingerprint density at radius 3 is 2.50 bits per heavy atom. The molecule has 0 fully saturated rings. The van der Waals surface area contributed by atoms with E-state index in [2.05, 4.69) is 5.10 Å². The molecular formula is C11H8ClF3N2O. The minimum absolute atomic E-state index is 0.0235. The molecule has 0 radical (unpaired) electrons. The molecule has 0 unspecified atom stereocenters. The lowest BCUT2D eigenvalue weighted by Crippen LogP contribution is -2.08. The van der Waals surface area contributed by atoms with Crippen LogP contribution in [0.5, 0.6) is 0 Å². The van der Waals surface area contributed by atoms with Crippen LogP contribution in [-0.4, -0.2) is 14.9 Å². The molecule has 1 aromatic heterocycles. The van der Waals surface area contributed by atoms with Crippen molar-refractivity contribution in [1.29, 1.82) is 0 Å². The second-order valence-electron chi connectivity index (χ2n) is 3.54. The van der Waals surface area contributed by atoms with Crippen LogP contribution in [0.4, 0.5) is 13.2 Å². The van der Waals surface area contributed by atoms with E-state index in [0.29, 0.717) is 5.69 Å². The SMILES string of the molecule is OCc1cc(C(F)(F)F)nn1-c1ccccc1Cl. The topological polar surface area (TPSA) is 38.1 Å². The van der Waals surface area contributed by atoms with Gasteiger partial charge in [0, 0.05) is 0 Å². The van der Waals surface area contributed by atoms with Crippen LogP contribution in [-0.2, 0) is 12.8 Å². The molecule has 3 nitrogen and oxygen atoms in total. The summed E-state index contributed by atoms with van der Waals surface area (Å²) >= 11 is 5.89. The Bertz CT molecular complexity index is 566. The normalized spacial score (nSPS) is 11.8. The van der Waals surface area contributed by atoms with E-state index in [0.717, 1.165) is 10.7 Å². The van der Waals surface area contributed by atoms with Crippen LogP contribution in [0.25, 0.3) is 5.69 Å². The largest absolute Gasteiger partial charge is 0.435 e. The molecular weight excluding hydrogens is 269 g/mol. The number of rotatable bonds is 2. The molecule has 0 saturated carbocycles. The predicted octanol–water partition coefficient (Wildman–Crippen LogP) is 3.04. The first-order chi connectivity index (χ1) is 8.43. The molecule has 0 aliphatic heterocycles. The van der Waals surface area contributed by atoms with Crippen molar-refractivity contribution in [2.75, 3.05) is 0 Å². The van der Waals surface area contributed by atoms with E-state index in [1.54, 1.807) is 12.1 Å². The molecule has 0 amide bonds. The fourth-order valence-corrected chi connectivity index (χ4v) is 1.72. The molecule has 0 aliphatic carbocycles. The quantitative estimate of drug-likeness (QED) is 0.915. The van der Waals surface area contributed by atoms with Gasteiger partial charge in [-0.25, -0.2) is 4.68 Å². The van der Waals surface area contributed by atoms with Gasteiger partial charge in [0.25, 0.3) is 0 Å². The number of aliphatic hydroxyl groups is 1. The summed E-state index contributed by atoms with van der Waals surface area (Å²) in [6.45, 7) is -0.561. The van der Waals surface area contributed by atoms with Crippen molar-refractivity contribution in [3.05, 3.63) is 46.7 Å². The van der Waals surface area contributed by atoms with Gasteiger partial charge in [0.1, 0.15) is 0 Å². The third-order valence-electron chi connectivity index (χ3n) is 2.32. The lowest BCUT2D eigenvalue weighted by atomic mass is 10.3. The number of aliphatic hydroxyl groups excluding tert-OH is 1. The number of hydrogen-bond acceptors (Lipinski definition) is 2. The molecule has 2 aromatic rings. The summed E-state index contributed by atoms with van der Waals surface area (Å²) < 4.78 is 38.6. The van der Waals surface area contributed by atoms with Crippen LogP contribution in [0.1, 0.15) is 11.4 Å². The number of alkyl halides is 3. The van der Waals surface area contributed by atoms with Gasteiger partial charge >= 0.3 is 6.18 Å². The first kappa shape index (κ1) is 12.9. The third kappa shape index (κ3) is 2.34. The molecule has 1 aromatic carbocycles. The first-order valence-electron chi connectivity index (χ1n) is 4.95. The molecule has 0 atom stereocenters. The predicted molar refractivity (Wildman–Crippen MR) is 59.5 cm³/mol.